The summed E-state index contributed by atoms with van der Waals surface area (Å²) < 4.78 is 2.19. The fraction of sp³-hybridized carbons (Fsp3) is 0.500. The van der Waals surface area contributed by atoms with Crippen LogP contribution in [0.15, 0.2) is 6.20 Å². The molecule has 1 aromatic heterocycles. The molecule has 6 heteroatoms. The van der Waals surface area contributed by atoms with Crippen LogP contribution in [0.1, 0.15) is 18.4 Å². The largest absolute Gasteiger partial charge is 0.341 e. The summed E-state index contributed by atoms with van der Waals surface area (Å²) in [6.45, 7) is 1.93. The number of halogens is 1. The first-order valence-corrected chi connectivity index (χ1v) is 6.19. The minimum absolute atomic E-state index is 0.0842. The summed E-state index contributed by atoms with van der Waals surface area (Å²) in [6, 6.07) is 2.04. The number of carbonyl (C=O) groups is 1. The zero-order chi connectivity index (χ0) is 11.5. The molecule has 0 bridgehead atoms. The van der Waals surface area contributed by atoms with Crippen LogP contribution in [-0.2, 0) is 11.3 Å². The average molecular weight is 330 g/mol. The molecule has 84 valence electrons. The van der Waals surface area contributed by atoms with Crippen molar-refractivity contribution in [2.24, 2.45) is 0 Å². The minimum Gasteiger partial charge on any atom is -0.341 e. The van der Waals surface area contributed by atoms with Crippen molar-refractivity contribution in [1.82, 2.24) is 14.7 Å². The van der Waals surface area contributed by atoms with Gasteiger partial charge in [-0.05, 0) is 35.4 Å². The summed E-state index contributed by atoms with van der Waals surface area (Å²) in [5, 5.41) is 12.9. The molecule has 0 radical (unpaired) electrons. The van der Waals surface area contributed by atoms with Crippen molar-refractivity contribution in [1.29, 1.82) is 5.26 Å². The second-order valence-electron chi connectivity index (χ2n) is 3.73. The first-order chi connectivity index (χ1) is 7.70. The highest BCUT2D eigenvalue weighted by atomic mass is 127. The Balaban J connectivity index is 2.03. The molecule has 0 aliphatic carbocycles. The molecular formula is C10H11IN4O. The zero-order valence-corrected chi connectivity index (χ0v) is 10.8. The summed E-state index contributed by atoms with van der Waals surface area (Å²) in [4.78, 5) is 13.7. The van der Waals surface area contributed by atoms with Crippen molar-refractivity contribution in [3.63, 3.8) is 0 Å². The molecule has 2 rings (SSSR count). The number of nitriles is 1. The van der Waals surface area contributed by atoms with E-state index in [1.54, 1.807) is 10.9 Å². The van der Waals surface area contributed by atoms with Gasteiger partial charge in [-0.25, -0.2) is 0 Å². The summed E-state index contributed by atoms with van der Waals surface area (Å²) in [5.41, 5.74) is 0.523. The maximum absolute atomic E-state index is 11.8. The van der Waals surface area contributed by atoms with Gasteiger partial charge >= 0.3 is 0 Å². The van der Waals surface area contributed by atoms with Gasteiger partial charge in [0.05, 0.1) is 0 Å². The quantitative estimate of drug-likeness (QED) is 0.760. The van der Waals surface area contributed by atoms with Crippen LogP contribution in [0.2, 0.25) is 0 Å². The van der Waals surface area contributed by atoms with Gasteiger partial charge in [-0.2, -0.15) is 10.4 Å². The average Bonchev–Trinajstić information content (AvgIpc) is 2.87. The van der Waals surface area contributed by atoms with E-state index < -0.39 is 0 Å². The van der Waals surface area contributed by atoms with Gasteiger partial charge in [-0.15, -0.1) is 0 Å². The van der Waals surface area contributed by atoms with Crippen molar-refractivity contribution in [3.05, 3.63) is 15.5 Å². The number of carbonyl (C=O) groups excluding carboxylic acids is 1. The first-order valence-electron chi connectivity index (χ1n) is 5.11. The summed E-state index contributed by atoms with van der Waals surface area (Å²) in [5.74, 6) is 0.0842. The first kappa shape index (κ1) is 11.4. The molecule has 0 unspecified atom stereocenters. The molecular weight excluding hydrogens is 319 g/mol. The Labute approximate surface area is 107 Å². The number of likely N-dealkylation sites (tertiary alicyclic amines) is 1. The molecule has 0 saturated carbocycles. The molecule has 1 fully saturated rings. The Morgan fingerprint density at radius 3 is 2.81 bits per heavy atom. The lowest BCUT2D eigenvalue weighted by molar-refractivity contribution is -0.130. The standard InChI is InChI=1S/C10H11IN4O/c11-10-8(5-12)6-15(13-10)7-9(16)14-3-1-2-4-14/h6H,1-4,7H2. The van der Waals surface area contributed by atoms with Crippen LogP contribution < -0.4 is 0 Å². The van der Waals surface area contributed by atoms with Crippen molar-refractivity contribution >= 4 is 28.5 Å². The highest BCUT2D eigenvalue weighted by Gasteiger charge is 2.18. The molecule has 0 spiro atoms. The Morgan fingerprint density at radius 2 is 2.25 bits per heavy atom. The van der Waals surface area contributed by atoms with Crippen molar-refractivity contribution in [2.45, 2.75) is 19.4 Å². The SMILES string of the molecule is N#Cc1cn(CC(=O)N2CCCC2)nc1I. The van der Waals surface area contributed by atoms with E-state index in [0.717, 1.165) is 25.9 Å². The second-order valence-corrected chi connectivity index (χ2v) is 4.75. The van der Waals surface area contributed by atoms with Crippen LogP contribution in [0.5, 0.6) is 0 Å². The summed E-state index contributed by atoms with van der Waals surface area (Å²) in [7, 11) is 0. The molecule has 0 N–H and O–H groups in total. The third-order valence-electron chi connectivity index (χ3n) is 2.59. The molecule has 1 aliphatic heterocycles. The van der Waals surface area contributed by atoms with Gasteiger partial charge in [0.15, 0.2) is 0 Å². The van der Waals surface area contributed by atoms with Crippen molar-refractivity contribution < 1.29 is 4.79 Å². The lowest BCUT2D eigenvalue weighted by Gasteiger charge is -2.14. The fourth-order valence-electron chi connectivity index (χ4n) is 1.76. The van der Waals surface area contributed by atoms with Crippen LogP contribution in [-0.4, -0.2) is 33.7 Å². The van der Waals surface area contributed by atoms with E-state index in [-0.39, 0.29) is 12.5 Å². The Bertz CT molecular complexity index is 442. The molecule has 1 aromatic rings. The normalized spacial score (nSPS) is 15.1. The maximum atomic E-state index is 11.8. The molecule has 1 saturated heterocycles. The number of hydrogen-bond donors (Lipinski definition) is 0. The predicted molar refractivity (Wildman–Crippen MR) is 65.5 cm³/mol. The van der Waals surface area contributed by atoms with E-state index in [9.17, 15) is 4.79 Å². The Kier molecular flexibility index (Phi) is 3.43. The minimum atomic E-state index is 0.0842. The van der Waals surface area contributed by atoms with Gasteiger partial charge < -0.3 is 4.90 Å². The van der Waals surface area contributed by atoms with Crippen LogP contribution in [0.25, 0.3) is 0 Å². The van der Waals surface area contributed by atoms with Crippen LogP contribution in [0.4, 0.5) is 0 Å². The molecule has 5 nitrogen and oxygen atoms in total. The summed E-state index contributed by atoms with van der Waals surface area (Å²) >= 11 is 2.00. The predicted octanol–water partition coefficient (Wildman–Crippen LogP) is 0.982. The van der Waals surface area contributed by atoms with E-state index in [4.69, 9.17) is 5.26 Å². The molecule has 1 aliphatic rings. The third kappa shape index (κ3) is 2.35. The topological polar surface area (TPSA) is 61.9 Å². The molecule has 0 aromatic carbocycles. The Morgan fingerprint density at radius 1 is 1.56 bits per heavy atom. The zero-order valence-electron chi connectivity index (χ0n) is 8.69. The third-order valence-corrected chi connectivity index (χ3v) is 3.39. The number of hydrogen-bond acceptors (Lipinski definition) is 3. The molecule has 1 amide bonds. The fourth-order valence-corrected chi connectivity index (χ4v) is 2.30. The number of nitrogens with zero attached hydrogens (tertiary/aromatic N) is 4. The van der Waals surface area contributed by atoms with Gasteiger partial charge in [0.1, 0.15) is 21.9 Å². The van der Waals surface area contributed by atoms with E-state index in [1.165, 1.54) is 0 Å². The van der Waals surface area contributed by atoms with Gasteiger partial charge in [-0.3, -0.25) is 9.48 Å². The highest BCUT2D eigenvalue weighted by Crippen LogP contribution is 2.11. The summed E-state index contributed by atoms with van der Waals surface area (Å²) in [6.07, 6.45) is 3.80. The molecule has 0 atom stereocenters. The lowest BCUT2D eigenvalue weighted by Crippen LogP contribution is -2.31. The van der Waals surface area contributed by atoms with E-state index in [0.29, 0.717) is 9.26 Å². The van der Waals surface area contributed by atoms with Gasteiger partial charge in [0.2, 0.25) is 5.91 Å². The molecule has 2 heterocycles. The van der Waals surface area contributed by atoms with Crippen molar-refractivity contribution in [2.75, 3.05) is 13.1 Å². The smallest absolute Gasteiger partial charge is 0.244 e. The van der Waals surface area contributed by atoms with E-state index in [1.807, 2.05) is 33.6 Å². The van der Waals surface area contributed by atoms with Crippen LogP contribution in [0.3, 0.4) is 0 Å². The van der Waals surface area contributed by atoms with Crippen LogP contribution in [0, 0.1) is 15.0 Å². The lowest BCUT2D eigenvalue weighted by atomic mass is 10.4. The van der Waals surface area contributed by atoms with E-state index in [2.05, 4.69) is 5.10 Å². The number of rotatable bonds is 2. The van der Waals surface area contributed by atoms with Gasteiger partial charge in [0.25, 0.3) is 0 Å². The number of aromatic nitrogens is 2. The monoisotopic (exact) mass is 330 g/mol. The maximum Gasteiger partial charge on any atom is 0.244 e. The van der Waals surface area contributed by atoms with Crippen LogP contribution >= 0.6 is 22.6 Å². The van der Waals surface area contributed by atoms with Crippen molar-refractivity contribution in [3.8, 4) is 6.07 Å². The Hall–Kier alpha value is -1.10. The number of amides is 1. The van der Waals surface area contributed by atoms with E-state index >= 15 is 0 Å². The second kappa shape index (κ2) is 4.82. The highest BCUT2D eigenvalue weighted by molar-refractivity contribution is 14.1. The molecule has 16 heavy (non-hydrogen) atoms. The van der Waals surface area contributed by atoms with Gasteiger partial charge in [-0.1, -0.05) is 0 Å². The van der Waals surface area contributed by atoms with Gasteiger partial charge in [0, 0.05) is 19.3 Å².